The number of nitrogens with one attached hydrogen (secondary N) is 1. The lowest BCUT2D eigenvalue weighted by molar-refractivity contribution is 0.528. The highest BCUT2D eigenvalue weighted by molar-refractivity contribution is 7.99. The molecule has 1 aliphatic rings. The number of sulfonamides is 1. The van der Waals surface area contributed by atoms with Crippen molar-refractivity contribution >= 4 is 27.6 Å². The molecule has 0 radical (unpaired) electrons. The number of hydrogen-bond acceptors (Lipinski definition) is 5. The Kier molecular flexibility index (Phi) is 3.88. The van der Waals surface area contributed by atoms with Crippen LogP contribution in [0.15, 0.2) is 4.90 Å². The van der Waals surface area contributed by atoms with Crippen LogP contribution >= 0.6 is 11.8 Å². The highest BCUT2D eigenvalue weighted by atomic mass is 32.2. The van der Waals surface area contributed by atoms with Gasteiger partial charge in [-0.3, -0.25) is 4.68 Å². The topological polar surface area (TPSA) is 90.0 Å². The molecule has 1 aliphatic heterocycles. The third-order valence-electron chi connectivity index (χ3n) is 3.12. The minimum Gasteiger partial charge on any atom is -0.381 e. The number of thioether (sulfide) groups is 1. The van der Waals surface area contributed by atoms with Gasteiger partial charge in [0, 0.05) is 13.1 Å². The number of nitrogens with two attached hydrogens (primary N) is 1. The van der Waals surface area contributed by atoms with Crippen LogP contribution in [0.3, 0.4) is 0 Å². The molecule has 0 amide bonds. The molecule has 0 spiro atoms. The van der Waals surface area contributed by atoms with Crippen molar-refractivity contribution < 1.29 is 8.42 Å². The van der Waals surface area contributed by atoms with Crippen LogP contribution in [0, 0.1) is 6.92 Å². The quantitative estimate of drug-likeness (QED) is 0.845. The van der Waals surface area contributed by atoms with Crippen molar-refractivity contribution in [1.82, 2.24) is 14.5 Å². The zero-order valence-corrected chi connectivity index (χ0v) is 12.1. The maximum absolute atomic E-state index is 12.3. The van der Waals surface area contributed by atoms with Gasteiger partial charge < -0.3 is 5.73 Å². The lowest BCUT2D eigenvalue weighted by Gasteiger charge is -2.22. The Labute approximate surface area is 111 Å². The molecule has 6 nitrogen and oxygen atoms in total. The van der Waals surface area contributed by atoms with Gasteiger partial charge >= 0.3 is 0 Å². The first-order valence-corrected chi connectivity index (χ1v) is 8.45. The Bertz CT molecular complexity index is 532. The van der Waals surface area contributed by atoms with Crippen molar-refractivity contribution in [2.24, 2.45) is 7.05 Å². The van der Waals surface area contributed by atoms with Gasteiger partial charge in [-0.2, -0.15) is 16.9 Å². The molecular formula is C10H18N4O2S2. The second kappa shape index (κ2) is 5.10. The second-order valence-corrected chi connectivity index (χ2v) is 7.31. The molecule has 0 bridgehead atoms. The summed E-state index contributed by atoms with van der Waals surface area (Å²) in [5.74, 6) is 2.05. The van der Waals surface area contributed by atoms with Gasteiger partial charge in [-0.15, -0.1) is 0 Å². The number of aryl methyl sites for hydroxylation is 1. The molecule has 1 saturated heterocycles. The molecule has 3 N–H and O–H groups in total. The highest BCUT2D eigenvalue weighted by Gasteiger charge is 2.28. The minimum atomic E-state index is -3.57. The monoisotopic (exact) mass is 290 g/mol. The molecule has 18 heavy (non-hydrogen) atoms. The third kappa shape index (κ3) is 2.65. The number of nitrogens with zero attached hydrogens (tertiary/aromatic N) is 2. The van der Waals surface area contributed by atoms with E-state index in [1.165, 1.54) is 4.68 Å². The van der Waals surface area contributed by atoms with Crippen LogP contribution in [0.25, 0.3) is 0 Å². The molecule has 8 heteroatoms. The average molecular weight is 290 g/mol. The van der Waals surface area contributed by atoms with Crippen molar-refractivity contribution in [3.63, 3.8) is 0 Å². The zero-order valence-electron chi connectivity index (χ0n) is 10.5. The van der Waals surface area contributed by atoms with Crippen LogP contribution < -0.4 is 10.5 Å². The normalized spacial score (nSPS) is 18.1. The lowest BCUT2D eigenvalue weighted by Crippen LogP contribution is -2.37. The molecule has 0 aromatic carbocycles. The molecule has 1 fully saturated rings. The first-order valence-electron chi connectivity index (χ1n) is 5.81. The number of aromatic nitrogens is 2. The maximum Gasteiger partial charge on any atom is 0.246 e. The van der Waals surface area contributed by atoms with Crippen LogP contribution in [-0.4, -0.2) is 35.7 Å². The summed E-state index contributed by atoms with van der Waals surface area (Å²) in [4.78, 5) is 0.114. The molecule has 1 aromatic heterocycles. The van der Waals surface area contributed by atoms with Gasteiger partial charge in [0.25, 0.3) is 0 Å². The Morgan fingerprint density at radius 2 is 2.06 bits per heavy atom. The van der Waals surface area contributed by atoms with Crippen molar-refractivity contribution in [1.29, 1.82) is 0 Å². The summed E-state index contributed by atoms with van der Waals surface area (Å²) in [5.41, 5.74) is 6.24. The molecular weight excluding hydrogens is 272 g/mol. The molecule has 102 valence electrons. The van der Waals surface area contributed by atoms with E-state index in [9.17, 15) is 8.42 Å². The van der Waals surface area contributed by atoms with E-state index in [4.69, 9.17) is 5.73 Å². The molecule has 2 rings (SSSR count). The average Bonchev–Trinajstić information content (AvgIpc) is 2.54. The van der Waals surface area contributed by atoms with E-state index in [1.807, 2.05) is 11.8 Å². The Morgan fingerprint density at radius 1 is 1.44 bits per heavy atom. The molecule has 2 heterocycles. The van der Waals surface area contributed by atoms with E-state index in [1.54, 1.807) is 14.0 Å². The Morgan fingerprint density at radius 3 is 2.56 bits per heavy atom. The van der Waals surface area contributed by atoms with Gasteiger partial charge in [0.2, 0.25) is 10.0 Å². The summed E-state index contributed by atoms with van der Waals surface area (Å²) in [6.45, 7) is 1.70. The molecule has 0 saturated carbocycles. The number of anilines is 1. The highest BCUT2D eigenvalue weighted by Crippen LogP contribution is 2.24. The summed E-state index contributed by atoms with van der Waals surface area (Å²) >= 11 is 1.85. The van der Waals surface area contributed by atoms with Crippen LogP contribution in [0.2, 0.25) is 0 Å². The van der Waals surface area contributed by atoms with E-state index in [-0.39, 0.29) is 16.8 Å². The number of hydrogen-bond donors (Lipinski definition) is 2. The molecule has 0 atom stereocenters. The van der Waals surface area contributed by atoms with Gasteiger partial charge in [0.05, 0.1) is 5.69 Å². The van der Waals surface area contributed by atoms with Crippen molar-refractivity contribution in [3.8, 4) is 0 Å². The Balaban J connectivity index is 2.24. The standard InChI is InChI=1S/C10H18N4O2S2/c1-7-9(10(11)12-14(7)2)18(15,16)13-8-3-5-17-6-4-8/h8,13H,3-6H2,1-2H3,(H2,11,12). The van der Waals surface area contributed by atoms with Gasteiger partial charge in [0.15, 0.2) is 5.82 Å². The zero-order chi connectivity index (χ0) is 13.3. The predicted octanol–water partition coefficient (Wildman–Crippen LogP) is 0.485. The van der Waals surface area contributed by atoms with Crippen LogP contribution in [0.1, 0.15) is 18.5 Å². The van der Waals surface area contributed by atoms with Crippen LogP contribution in [-0.2, 0) is 17.1 Å². The van der Waals surface area contributed by atoms with Crippen molar-refractivity contribution in [2.75, 3.05) is 17.2 Å². The summed E-state index contributed by atoms with van der Waals surface area (Å²) in [7, 11) is -1.89. The van der Waals surface area contributed by atoms with E-state index >= 15 is 0 Å². The van der Waals surface area contributed by atoms with Crippen LogP contribution in [0.5, 0.6) is 0 Å². The summed E-state index contributed by atoms with van der Waals surface area (Å²) < 4.78 is 28.8. The number of nitrogen functional groups attached to an aromatic ring is 1. The Hall–Kier alpha value is -0.730. The van der Waals surface area contributed by atoms with E-state index in [0.717, 1.165) is 24.3 Å². The fourth-order valence-corrected chi connectivity index (χ4v) is 4.78. The fourth-order valence-electron chi connectivity index (χ4n) is 2.04. The first kappa shape index (κ1) is 13.7. The smallest absolute Gasteiger partial charge is 0.246 e. The van der Waals surface area contributed by atoms with Crippen molar-refractivity contribution in [3.05, 3.63) is 5.69 Å². The first-order chi connectivity index (χ1) is 8.42. The lowest BCUT2D eigenvalue weighted by atomic mass is 10.2. The van der Waals surface area contributed by atoms with Gasteiger partial charge in [-0.05, 0) is 31.3 Å². The van der Waals surface area contributed by atoms with E-state index < -0.39 is 10.0 Å². The number of rotatable bonds is 3. The molecule has 0 unspecified atom stereocenters. The van der Waals surface area contributed by atoms with Gasteiger partial charge in [-0.1, -0.05) is 0 Å². The van der Waals surface area contributed by atoms with Crippen molar-refractivity contribution in [2.45, 2.75) is 30.7 Å². The SMILES string of the molecule is Cc1c(S(=O)(=O)NC2CCSCC2)c(N)nn1C. The van der Waals surface area contributed by atoms with E-state index in [0.29, 0.717) is 5.69 Å². The maximum atomic E-state index is 12.3. The van der Waals surface area contributed by atoms with Gasteiger partial charge in [0.1, 0.15) is 4.90 Å². The minimum absolute atomic E-state index is 0.00950. The third-order valence-corrected chi connectivity index (χ3v) is 5.85. The molecule has 0 aliphatic carbocycles. The summed E-state index contributed by atoms with van der Waals surface area (Å²) in [5, 5.41) is 3.94. The fraction of sp³-hybridized carbons (Fsp3) is 0.700. The van der Waals surface area contributed by atoms with Gasteiger partial charge in [-0.25, -0.2) is 13.1 Å². The second-order valence-electron chi connectivity index (χ2n) is 4.43. The summed E-state index contributed by atoms with van der Waals surface area (Å²) in [6, 6.07) is 0.00950. The van der Waals surface area contributed by atoms with E-state index in [2.05, 4.69) is 9.82 Å². The predicted molar refractivity (Wildman–Crippen MR) is 73.0 cm³/mol. The largest absolute Gasteiger partial charge is 0.381 e. The molecule has 1 aromatic rings. The van der Waals surface area contributed by atoms with Crippen LogP contribution in [0.4, 0.5) is 5.82 Å². The summed E-state index contributed by atoms with van der Waals surface area (Å²) in [6.07, 6.45) is 1.73.